The smallest absolute Gasteiger partial charge is 0.226 e. The summed E-state index contributed by atoms with van der Waals surface area (Å²) in [6, 6.07) is 0. The lowest BCUT2D eigenvalue weighted by atomic mass is 9.97. The Morgan fingerprint density at radius 1 is 1.41 bits per heavy atom. The van der Waals surface area contributed by atoms with E-state index >= 15 is 0 Å². The number of nitrogens with zero attached hydrogens (tertiary/aromatic N) is 1. The minimum atomic E-state index is 0.0640. The number of unbranched alkanes of at least 4 members (excludes halogenated alkanes) is 1. The van der Waals surface area contributed by atoms with E-state index in [9.17, 15) is 4.79 Å². The summed E-state index contributed by atoms with van der Waals surface area (Å²) >= 11 is 0. The Hall–Kier alpha value is -0.830. The Morgan fingerprint density at radius 3 is 2.82 bits per heavy atom. The zero-order chi connectivity index (χ0) is 12.5. The maximum absolute atomic E-state index is 12.1. The molecular formula is C14H25NO2. The summed E-state index contributed by atoms with van der Waals surface area (Å²) in [6.07, 6.45) is 9.55. The molecule has 98 valence electrons. The number of aliphatic hydroxyl groups is 1. The van der Waals surface area contributed by atoms with Crippen molar-refractivity contribution >= 4 is 5.91 Å². The van der Waals surface area contributed by atoms with Crippen molar-refractivity contribution in [1.29, 1.82) is 0 Å². The first kappa shape index (κ1) is 14.2. The molecule has 0 unspecified atom stereocenters. The van der Waals surface area contributed by atoms with Crippen LogP contribution in [0.3, 0.4) is 0 Å². The largest absolute Gasteiger partial charge is 0.395 e. The van der Waals surface area contributed by atoms with E-state index in [1.165, 1.54) is 18.4 Å². The second-order valence-corrected chi connectivity index (χ2v) is 4.74. The van der Waals surface area contributed by atoms with Crippen LogP contribution in [-0.2, 0) is 4.79 Å². The summed E-state index contributed by atoms with van der Waals surface area (Å²) < 4.78 is 0. The van der Waals surface area contributed by atoms with Gasteiger partial charge in [0.05, 0.1) is 6.61 Å². The average Bonchev–Trinajstić information content (AvgIpc) is 2.35. The van der Waals surface area contributed by atoms with Gasteiger partial charge in [0.2, 0.25) is 5.91 Å². The summed E-state index contributed by atoms with van der Waals surface area (Å²) in [5, 5.41) is 8.98. The van der Waals surface area contributed by atoms with Crippen LogP contribution in [0.4, 0.5) is 0 Å². The average molecular weight is 239 g/mol. The topological polar surface area (TPSA) is 40.5 Å². The number of amides is 1. The Labute approximate surface area is 105 Å². The van der Waals surface area contributed by atoms with Crippen molar-refractivity contribution in [1.82, 2.24) is 4.90 Å². The predicted molar refractivity (Wildman–Crippen MR) is 69.7 cm³/mol. The molecular weight excluding hydrogens is 214 g/mol. The highest BCUT2D eigenvalue weighted by atomic mass is 16.3. The molecule has 0 atom stereocenters. The SMILES string of the molecule is CCCCN(CCO)C(=O)CC1=CCCCC1. The molecule has 0 spiro atoms. The molecule has 0 bridgehead atoms. The Balaban J connectivity index is 2.42. The summed E-state index contributed by atoms with van der Waals surface area (Å²) in [5.41, 5.74) is 1.29. The van der Waals surface area contributed by atoms with E-state index in [4.69, 9.17) is 5.11 Å². The molecule has 3 heteroatoms. The quantitative estimate of drug-likeness (QED) is 0.693. The van der Waals surface area contributed by atoms with Crippen molar-refractivity contribution in [2.45, 2.75) is 51.9 Å². The maximum Gasteiger partial charge on any atom is 0.226 e. The summed E-state index contributed by atoms with van der Waals surface area (Å²) in [7, 11) is 0. The summed E-state index contributed by atoms with van der Waals surface area (Å²) in [4.78, 5) is 13.9. The fourth-order valence-electron chi connectivity index (χ4n) is 2.20. The number of rotatable bonds is 7. The van der Waals surface area contributed by atoms with Crippen molar-refractivity contribution in [3.05, 3.63) is 11.6 Å². The van der Waals surface area contributed by atoms with Crippen LogP contribution in [0.1, 0.15) is 51.9 Å². The molecule has 0 saturated heterocycles. The van der Waals surface area contributed by atoms with Gasteiger partial charge in [-0.05, 0) is 32.1 Å². The number of allylic oxidation sites excluding steroid dienone is 1. The molecule has 0 radical (unpaired) electrons. The van der Waals surface area contributed by atoms with Gasteiger partial charge in [0.25, 0.3) is 0 Å². The van der Waals surface area contributed by atoms with E-state index in [2.05, 4.69) is 13.0 Å². The molecule has 0 heterocycles. The van der Waals surface area contributed by atoms with Crippen molar-refractivity contribution in [3.8, 4) is 0 Å². The van der Waals surface area contributed by atoms with Crippen molar-refractivity contribution in [2.24, 2.45) is 0 Å². The molecule has 3 nitrogen and oxygen atoms in total. The van der Waals surface area contributed by atoms with Crippen molar-refractivity contribution in [2.75, 3.05) is 19.7 Å². The van der Waals surface area contributed by atoms with E-state index in [1.54, 1.807) is 4.90 Å². The fourth-order valence-corrected chi connectivity index (χ4v) is 2.20. The van der Waals surface area contributed by atoms with Gasteiger partial charge in [-0.15, -0.1) is 0 Å². The molecule has 0 aromatic rings. The van der Waals surface area contributed by atoms with Crippen LogP contribution in [0.2, 0.25) is 0 Å². The second-order valence-electron chi connectivity index (χ2n) is 4.74. The highest BCUT2D eigenvalue weighted by Crippen LogP contribution is 2.20. The Bertz CT molecular complexity index is 261. The number of hydrogen-bond acceptors (Lipinski definition) is 2. The summed E-state index contributed by atoms with van der Waals surface area (Å²) in [5.74, 6) is 0.181. The first-order valence-corrected chi connectivity index (χ1v) is 6.84. The summed E-state index contributed by atoms with van der Waals surface area (Å²) in [6.45, 7) is 3.44. The number of aliphatic hydroxyl groups excluding tert-OH is 1. The van der Waals surface area contributed by atoms with Crippen LogP contribution in [0.5, 0.6) is 0 Å². The van der Waals surface area contributed by atoms with Gasteiger partial charge in [-0.1, -0.05) is 25.0 Å². The van der Waals surface area contributed by atoms with Gasteiger partial charge >= 0.3 is 0 Å². The molecule has 1 N–H and O–H groups in total. The highest BCUT2D eigenvalue weighted by molar-refractivity contribution is 5.78. The molecule has 1 aliphatic carbocycles. The third-order valence-corrected chi connectivity index (χ3v) is 3.27. The van der Waals surface area contributed by atoms with Crippen molar-refractivity contribution in [3.63, 3.8) is 0 Å². The number of hydrogen-bond donors (Lipinski definition) is 1. The predicted octanol–water partition coefficient (Wildman–Crippen LogP) is 2.50. The van der Waals surface area contributed by atoms with Gasteiger partial charge in [-0.25, -0.2) is 0 Å². The van der Waals surface area contributed by atoms with E-state index in [-0.39, 0.29) is 12.5 Å². The molecule has 0 saturated carbocycles. The van der Waals surface area contributed by atoms with Gasteiger partial charge < -0.3 is 10.0 Å². The van der Waals surface area contributed by atoms with Gasteiger partial charge in [-0.3, -0.25) is 4.79 Å². The molecule has 0 aromatic heterocycles. The van der Waals surface area contributed by atoms with Crippen LogP contribution in [0.25, 0.3) is 0 Å². The van der Waals surface area contributed by atoms with Crippen LogP contribution >= 0.6 is 0 Å². The van der Waals surface area contributed by atoms with Crippen LogP contribution in [0.15, 0.2) is 11.6 Å². The van der Waals surface area contributed by atoms with Crippen LogP contribution in [0, 0.1) is 0 Å². The molecule has 0 aliphatic heterocycles. The third kappa shape index (κ3) is 5.35. The van der Waals surface area contributed by atoms with Crippen LogP contribution in [-0.4, -0.2) is 35.6 Å². The Kier molecular flexibility index (Phi) is 6.94. The first-order valence-electron chi connectivity index (χ1n) is 6.84. The van der Waals surface area contributed by atoms with Gasteiger partial charge in [0.15, 0.2) is 0 Å². The lowest BCUT2D eigenvalue weighted by Crippen LogP contribution is -2.34. The number of carbonyl (C=O) groups is 1. The van der Waals surface area contributed by atoms with Gasteiger partial charge in [0, 0.05) is 19.5 Å². The first-order chi connectivity index (χ1) is 8.27. The minimum absolute atomic E-state index is 0.0640. The van der Waals surface area contributed by atoms with Gasteiger partial charge in [-0.2, -0.15) is 0 Å². The molecule has 17 heavy (non-hydrogen) atoms. The molecule has 0 fully saturated rings. The lowest BCUT2D eigenvalue weighted by molar-refractivity contribution is -0.131. The monoisotopic (exact) mass is 239 g/mol. The molecule has 0 aromatic carbocycles. The lowest BCUT2D eigenvalue weighted by Gasteiger charge is -2.23. The van der Waals surface area contributed by atoms with Gasteiger partial charge in [0.1, 0.15) is 0 Å². The zero-order valence-corrected chi connectivity index (χ0v) is 11.0. The zero-order valence-electron chi connectivity index (χ0n) is 11.0. The standard InChI is InChI=1S/C14H25NO2/c1-2-3-9-15(10-11-16)14(17)12-13-7-5-4-6-8-13/h7,16H,2-6,8-12H2,1H3. The molecule has 1 aliphatic rings. The van der Waals surface area contributed by atoms with Crippen molar-refractivity contribution < 1.29 is 9.90 Å². The van der Waals surface area contributed by atoms with E-state index < -0.39 is 0 Å². The normalized spacial score (nSPS) is 15.5. The maximum atomic E-state index is 12.1. The number of carbonyl (C=O) groups excluding carboxylic acids is 1. The highest BCUT2D eigenvalue weighted by Gasteiger charge is 2.15. The minimum Gasteiger partial charge on any atom is -0.395 e. The Morgan fingerprint density at radius 2 is 2.24 bits per heavy atom. The van der Waals surface area contributed by atoms with E-state index in [0.29, 0.717) is 13.0 Å². The van der Waals surface area contributed by atoms with E-state index in [1.807, 2.05) is 0 Å². The molecule has 1 rings (SSSR count). The molecule has 1 amide bonds. The fraction of sp³-hybridized carbons (Fsp3) is 0.786. The van der Waals surface area contributed by atoms with Crippen LogP contribution < -0.4 is 0 Å². The third-order valence-electron chi connectivity index (χ3n) is 3.27. The van der Waals surface area contributed by atoms with E-state index in [0.717, 1.165) is 32.2 Å². The second kappa shape index (κ2) is 8.29.